The Morgan fingerprint density at radius 2 is 1.86 bits per heavy atom. The summed E-state index contributed by atoms with van der Waals surface area (Å²) in [6, 6.07) is 7.37. The van der Waals surface area contributed by atoms with Gasteiger partial charge in [0.2, 0.25) is 5.56 Å². The summed E-state index contributed by atoms with van der Waals surface area (Å²) in [6.07, 6.45) is 0. The highest BCUT2D eigenvalue weighted by atomic mass is 35.5. The predicted octanol–water partition coefficient (Wildman–Crippen LogP) is 2.30. The van der Waals surface area contributed by atoms with Gasteiger partial charge in [0.05, 0.1) is 24.9 Å². The van der Waals surface area contributed by atoms with Crippen molar-refractivity contribution in [2.24, 2.45) is 0 Å². The number of hydrogen-bond donors (Lipinski definition) is 2. The Balaban J connectivity index is 2.31. The van der Waals surface area contributed by atoms with Gasteiger partial charge in [-0.15, -0.1) is 0 Å². The third kappa shape index (κ3) is 3.35. The first-order valence-corrected chi connectivity index (χ1v) is 6.35. The monoisotopic (exact) mass is 308 g/mol. The second-order valence-electron chi connectivity index (χ2n) is 4.07. The molecule has 7 heteroatoms. The van der Waals surface area contributed by atoms with Gasteiger partial charge in [0.15, 0.2) is 11.5 Å². The number of amides is 1. The van der Waals surface area contributed by atoms with Gasteiger partial charge in [-0.25, -0.2) is 0 Å². The Morgan fingerprint density at radius 1 is 1.19 bits per heavy atom. The summed E-state index contributed by atoms with van der Waals surface area (Å²) in [7, 11) is 2.97. The molecule has 0 aliphatic rings. The van der Waals surface area contributed by atoms with Crippen LogP contribution < -0.4 is 20.3 Å². The first kappa shape index (κ1) is 14.9. The molecule has 1 aromatic carbocycles. The number of nitrogens with one attached hydrogen (secondary N) is 2. The van der Waals surface area contributed by atoms with Crippen molar-refractivity contribution < 1.29 is 14.3 Å². The summed E-state index contributed by atoms with van der Waals surface area (Å²) >= 11 is 6.08. The van der Waals surface area contributed by atoms with E-state index in [0.717, 1.165) is 0 Å². The number of aromatic nitrogens is 1. The zero-order valence-corrected chi connectivity index (χ0v) is 12.2. The molecule has 2 aromatic rings. The van der Waals surface area contributed by atoms with E-state index in [2.05, 4.69) is 10.3 Å². The number of carbonyl (C=O) groups excluding carboxylic acids is 1. The molecule has 0 unspecified atom stereocenters. The summed E-state index contributed by atoms with van der Waals surface area (Å²) in [5.74, 6) is 0.397. The average Bonchev–Trinajstić information content (AvgIpc) is 2.48. The molecule has 110 valence electrons. The van der Waals surface area contributed by atoms with E-state index in [9.17, 15) is 9.59 Å². The normalized spacial score (nSPS) is 10.0. The lowest BCUT2D eigenvalue weighted by Crippen LogP contribution is -2.18. The van der Waals surface area contributed by atoms with E-state index in [-0.39, 0.29) is 11.3 Å². The second-order valence-corrected chi connectivity index (χ2v) is 4.48. The quantitative estimate of drug-likeness (QED) is 0.908. The fourth-order valence-electron chi connectivity index (χ4n) is 1.72. The highest BCUT2D eigenvalue weighted by Gasteiger charge is 2.13. The number of hydrogen-bond acceptors (Lipinski definition) is 4. The number of H-pyrrole nitrogens is 1. The third-order valence-corrected chi connectivity index (χ3v) is 3.05. The Labute approximate surface area is 125 Å². The number of benzene rings is 1. The number of pyridine rings is 1. The van der Waals surface area contributed by atoms with E-state index in [1.165, 1.54) is 38.5 Å². The van der Waals surface area contributed by atoms with E-state index in [1.807, 2.05) is 0 Å². The zero-order chi connectivity index (χ0) is 15.4. The number of halogens is 1. The average molecular weight is 309 g/mol. The summed E-state index contributed by atoms with van der Waals surface area (Å²) in [4.78, 5) is 25.7. The Kier molecular flexibility index (Phi) is 4.49. The Hall–Kier alpha value is -2.47. The maximum Gasteiger partial charge on any atom is 0.272 e. The summed E-state index contributed by atoms with van der Waals surface area (Å²) in [5.41, 5.74) is 0.124. The zero-order valence-electron chi connectivity index (χ0n) is 11.4. The summed E-state index contributed by atoms with van der Waals surface area (Å²) in [5, 5.41) is 2.89. The topological polar surface area (TPSA) is 80.4 Å². The van der Waals surface area contributed by atoms with Crippen LogP contribution in [0.3, 0.4) is 0 Å². The number of rotatable bonds is 4. The van der Waals surface area contributed by atoms with Gasteiger partial charge < -0.3 is 19.8 Å². The van der Waals surface area contributed by atoms with Crippen LogP contribution >= 0.6 is 11.6 Å². The van der Waals surface area contributed by atoms with Crippen LogP contribution in [0, 0.1) is 0 Å². The molecule has 0 spiro atoms. The number of methoxy groups -OCH3 is 2. The molecule has 0 radical (unpaired) electrons. The molecule has 2 rings (SSSR count). The summed E-state index contributed by atoms with van der Waals surface area (Å²) in [6.45, 7) is 0. The minimum Gasteiger partial charge on any atom is -0.493 e. The van der Waals surface area contributed by atoms with Gasteiger partial charge in [-0.05, 0) is 6.07 Å². The second kappa shape index (κ2) is 6.32. The molecular weight excluding hydrogens is 296 g/mol. The SMILES string of the molecule is COc1cc(Cl)c(NC(=O)c2cccc(=O)[nH]2)cc1OC. The lowest BCUT2D eigenvalue weighted by atomic mass is 10.2. The van der Waals surface area contributed by atoms with Crippen LogP contribution in [0.5, 0.6) is 11.5 Å². The minimum absolute atomic E-state index is 0.133. The lowest BCUT2D eigenvalue weighted by Gasteiger charge is -2.12. The molecule has 1 heterocycles. The van der Waals surface area contributed by atoms with Crippen LogP contribution in [-0.4, -0.2) is 25.1 Å². The van der Waals surface area contributed by atoms with Crippen LogP contribution in [-0.2, 0) is 0 Å². The van der Waals surface area contributed by atoms with Gasteiger partial charge in [-0.1, -0.05) is 17.7 Å². The van der Waals surface area contributed by atoms with Gasteiger partial charge in [0, 0.05) is 18.2 Å². The van der Waals surface area contributed by atoms with Crippen molar-refractivity contribution in [1.29, 1.82) is 0 Å². The van der Waals surface area contributed by atoms with E-state index in [0.29, 0.717) is 22.2 Å². The molecular formula is C14H13ClN2O4. The molecule has 0 fully saturated rings. The molecule has 0 saturated heterocycles. The largest absolute Gasteiger partial charge is 0.493 e. The molecule has 2 N–H and O–H groups in total. The van der Waals surface area contributed by atoms with Crippen molar-refractivity contribution in [1.82, 2.24) is 4.98 Å². The van der Waals surface area contributed by atoms with E-state index in [4.69, 9.17) is 21.1 Å². The molecule has 0 aliphatic carbocycles. The molecule has 0 aliphatic heterocycles. The van der Waals surface area contributed by atoms with Crippen molar-refractivity contribution >= 4 is 23.2 Å². The van der Waals surface area contributed by atoms with Crippen molar-refractivity contribution in [3.05, 3.63) is 51.4 Å². The van der Waals surface area contributed by atoms with Gasteiger partial charge >= 0.3 is 0 Å². The van der Waals surface area contributed by atoms with Gasteiger partial charge in [0.25, 0.3) is 5.91 Å². The smallest absolute Gasteiger partial charge is 0.272 e. The lowest BCUT2D eigenvalue weighted by molar-refractivity contribution is 0.102. The maximum absolute atomic E-state index is 12.1. The van der Waals surface area contributed by atoms with Gasteiger partial charge in [0.1, 0.15) is 5.69 Å². The molecule has 1 aromatic heterocycles. The molecule has 0 bridgehead atoms. The fraction of sp³-hybridized carbons (Fsp3) is 0.143. The van der Waals surface area contributed by atoms with E-state index >= 15 is 0 Å². The minimum atomic E-state index is -0.484. The van der Waals surface area contributed by atoms with Crippen LogP contribution in [0.1, 0.15) is 10.5 Å². The van der Waals surface area contributed by atoms with E-state index < -0.39 is 5.91 Å². The highest BCUT2D eigenvalue weighted by Crippen LogP contribution is 2.36. The van der Waals surface area contributed by atoms with Crippen molar-refractivity contribution in [3.8, 4) is 11.5 Å². The summed E-state index contributed by atoms with van der Waals surface area (Å²) < 4.78 is 10.3. The molecule has 1 amide bonds. The number of aromatic amines is 1. The van der Waals surface area contributed by atoms with Crippen molar-refractivity contribution in [2.75, 3.05) is 19.5 Å². The van der Waals surface area contributed by atoms with Crippen LogP contribution in [0.4, 0.5) is 5.69 Å². The molecule has 21 heavy (non-hydrogen) atoms. The first-order valence-electron chi connectivity index (χ1n) is 5.97. The number of carbonyl (C=O) groups is 1. The van der Waals surface area contributed by atoms with E-state index in [1.54, 1.807) is 6.07 Å². The van der Waals surface area contributed by atoms with Crippen LogP contribution in [0.15, 0.2) is 35.1 Å². The molecule has 0 atom stereocenters. The van der Waals surface area contributed by atoms with Crippen LogP contribution in [0.2, 0.25) is 5.02 Å². The third-order valence-electron chi connectivity index (χ3n) is 2.73. The first-order chi connectivity index (χ1) is 10.0. The number of anilines is 1. The standard InChI is InChI=1S/C14H13ClN2O4/c1-20-11-6-8(15)10(7-12(11)21-2)17-14(19)9-4-3-5-13(18)16-9/h3-7H,1-2H3,(H,16,18)(H,17,19). The maximum atomic E-state index is 12.1. The fourth-order valence-corrected chi connectivity index (χ4v) is 1.92. The predicted molar refractivity (Wildman–Crippen MR) is 79.6 cm³/mol. The Morgan fingerprint density at radius 3 is 2.48 bits per heavy atom. The highest BCUT2D eigenvalue weighted by molar-refractivity contribution is 6.34. The van der Waals surface area contributed by atoms with Gasteiger partial charge in [-0.3, -0.25) is 9.59 Å². The number of ether oxygens (including phenoxy) is 2. The van der Waals surface area contributed by atoms with Gasteiger partial charge in [-0.2, -0.15) is 0 Å². The van der Waals surface area contributed by atoms with Crippen molar-refractivity contribution in [3.63, 3.8) is 0 Å². The van der Waals surface area contributed by atoms with Crippen LogP contribution in [0.25, 0.3) is 0 Å². The Bertz CT molecular complexity index is 727. The van der Waals surface area contributed by atoms with Crippen molar-refractivity contribution in [2.45, 2.75) is 0 Å². The molecule has 6 nitrogen and oxygen atoms in total. The molecule has 0 saturated carbocycles.